The average molecular weight is 277 g/mol. The van der Waals surface area contributed by atoms with Gasteiger partial charge < -0.3 is 10.4 Å². The first kappa shape index (κ1) is 13.4. The van der Waals surface area contributed by atoms with E-state index < -0.39 is 0 Å². The number of nitrogens with zero attached hydrogens (tertiary/aromatic N) is 1. The second kappa shape index (κ2) is 5.71. The van der Waals surface area contributed by atoms with Gasteiger partial charge in [-0.2, -0.15) is 0 Å². The van der Waals surface area contributed by atoms with E-state index in [2.05, 4.69) is 10.3 Å². The number of aromatic hydroxyl groups is 1. The third kappa shape index (κ3) is 3.45. The molecule has 1 aromatic heterocycles. The minimum Gasteiger partial charge on any atom is -0.506 e. The van der Waals surface area contributed by atoms with E-state index in [4.69, 9.17) is 11.6 Å². The first-order valence-electron chi connectivity index (χ1n) is 5.75. The van der Waals surface area contributed by atoms with Crippen molar-refractivity contribution in [2.45, 2.75) is 13.5 Å². The molecule has 0 bridgehead atoms. The Morgan fingerprint density at radius 3 is 2.84 bits per heavy atom. The number of nitrogens with one attached hydrogen (secondary N) is 1. The lowest BCUT2D eigenvalue weighted by Crippen LogP contribution is -2.23. The number of phenolic OH excluding ortho intramolecular Hbond substituents is 1. The van der Waals surface area contributed by atoms with Gasteiger partial charge in [0.15, 0.2) is 0 Å². The Bertz CT molecular complexity index is 614. The maximum atomic E-state index is 11.9. The summed E-state index contributed by atoms with van der Waals surface area (Å²) in [5.41, 5.74) is 2.09. The van der Waals surface area contributed by atoms with Crippen LogP contribution in [0.1, 0.15) is 21.7 Å². The molecule has 1 heterocycles. The summed E-state index contributed by atoms with van der Waals surface area (Å²) in [5.74, 6) is -0.302. The van der Waals surface area contributed by atoms with Crippen LogP contribution in [-0.2, 0) is 6.54 Å². The molecule has 0 atom stereocenters. The minimum absolute atomic E-state index is 0.0430. The monoisotopic (exact) mass is 276 g/mol. The predicted octanol–water partition coefficient (Wildman–Crippen LogP) is 2.68. The molecule has 5 heteroatoms. The summed E-state index contributed by atoms with van der Waals surface area (Å²) in [6.45, 7) is 2.24. The third-order valence-corrected chi connectivity index (χ3v) is 2.89. The SMILES string of the molecule is Cc1cccc(CNC(=O)c2ccc(O)c(Cl)c2)n1. The average Bonchev–Trinajstić information content (AvgIpc) is 2.39. The summed E-state index contributed by atoms with van der Waals surface area (Å²) >= 11 is 5.75. The van der Waals surface area contributed by atoms with Crippen LogP contribution in [0, 0.1) is 6.92 Å². The van der Waals surface area contributed by atoms with E-state index >= 15 is 0 Å². The molecule has 19 heavy (non-hydrogen) atoms. The Labute approximate surface area is 116 Å². The lowest BCUT2D eigenvalue weighted by molar-refractivity contribution is 0.0950. The van der Waals surface area contributed by atoms with E-state index in [1.165, 1.54) is 18.2 Å². The fourth-order valence-corrected chi connectivity index (χ4v) is 1.80. The fraction of sp³-hybridized carbons (Fsp3) is 0.143. The summed E-state index contributed by atoms with van der Waals surface area (Å²) in [6.07, 6.45) is 0. The molecule has 0 fully saturated rings. The summed E-state index contributed by atoms with van der Waals surface area (Å²) in [5, 5.41) is 12.2. The van der Waals surface area contributed by atoms with Crippen LogP contribution in [0.5, 0.6) is 5.75 Å². The molecule has 0 radical (unpaired) electrons. The number of hydrogen-bond donors (Lipinski definition) is 2. The number of rotatable bonds is 3. The van der Waals surface area contributed by atoms with E-state index in [-0.39, 0.29) is 16.7 Å². The number of aromatic nitrogens is 1. The first-order valence-corrected chi connectivity index (χ1v) is 6.13. The second-order valence-corrected chi connectivity index (χ2v) is 4.53. The van der Waals surface area contributed by atoms with Crippen LogP contribution in [0.25, 0.3) is 0 Å². The molecule has 2 aromatic rings. The quantitative estimate of drug-likeness (QED) is 0.906. The molecular formula is C14H13ClN2O2. The van der Waals surface area contributed by atoms with Crippen LogP contribution >= 0.6 is 11.6 Å². The van der Waals surface area contributed by atoms with Crippen molar-refractivity contribution >= 4 is 17.5 Å². The number of carbonyl (C=O) groups excluding carboxylic acids is 1. The minimum atomic E-state index is -0.259. The van der Waals surface area contributed by atoms with Crippen molar-refractivity contribution in [1.29, 1.82) is 0 Å². The molecule has 1 amide bonds. The highest BCUT2D eigenvalue weighted by molar-refractivity contribution is 6.32. The zero-order chi connectivity index (χ0) is 13.8. The smallest absolute Gasteiger partial charge is 0.251 e. The van der Waals surface area contributed by atoms with E-state index in [1.807, 2.05) is 25.1 Å². The fourth-order valence-electron chi connectivity index (χ4n) is 1.62. The van der Waals surface area contributed by atoms with Crippen LogP contribution in [0.4, 0.5) is 0 Å². The maximum absolute atomic E-state index is 11.9. The molecule has 0 aliphatic carbocycles. The van der Waals surface area contributed by atoms with E-state index in [0.29, 0.717) is 12.1 Å². The lowest BCUT2D eigenvalue weighted by atomic mass is 10.2. The number of aryl methyl sites for hydroxylation is 1. The van der Waals surface area contributed by atoms with Gasteiger partial charge in [0.1, 0.15) is 5.75 Å². The zero-order valence-corrected chi connectivity index (χ0v) is 11.1. The number of halogens is 1. The number of phenols is 1. The highest BCUT2D eigenvalue weighted by Crippen LogP contribution is 2.23. The third-order valence-electron chi connectivity index (χ3n) is 2.59. The molecule has 0 aliphatic heterocycles. The van der Waals surface area contributed by atoms with Gasteiger partial charge in [0.2, 0.25) is 0 Å². The topological polar surface area (TPSA) is 62.2 Å². The second-order valence-electron chi connectivity index (χ2n) is 4.12. The molecule has 0 spiro atoms. The lowest BCUT2D eigenvalue weighted by Gasteiger charge is -2.06. The van der Waals surface area contributed by atoms with Crippen LogP contribution in [0.3, 0.4) is 0 Å². The summed E-state index contributed by atoms with van der Waals surface area (Å²) < 4.78 is 0. The first-order chi connectivity index (χ1) is 9.06. The van der Waals surface area contributed by atoms with Gasteiger partial charge >= 0.3 is 0 Å². The van der Waals surface area contributed by atoms with Gasteiger partial charge in [0, 0.05) is 11.3 Å². The molecule has 0 saturated heterocycles. The zero-order valence-electron chi connectivity index (χ0n) is 10.4. The van der Waals surface area contributed by atoms with E-state index in [9.17, 15) is 9.90 Å². The molecule has 0 saturated carbocycles. The summed E-state index contributed by atoms with van der Waals surface area (Å²) in [6, 6.07) is 9.96. The van der Waals surface area contributed by atoms with Gasteiger partial charge in [-0.25, -0.2) is 0 Å². The van der Waals surface area contributed by atoms with Crippen molar-refractivity contribution in [3.63, 3.8) is 0 Å². The van der Waals surface area contributed by atoms with Crippen molar-refractivity contribution < 1.29 is 9.90 Å². The standard InChI is InChI=1S/C14H13ClN2O2/c1-9-3-2-4-11(17-9)8-16-14(19)10-5-6-13(18)12(15)7-10/h2-7,18H,8H2,1H3,(H,16,19). The van der Waals surface area contributed by atoms with Crippen molar-refractivity contribution in [3.8, 4) is 5.75 Å². The van der Waals surface area contributed by atoms with Gasteiger partial charge in [-0.15, -0.1) is 0 Å². The summed E-state index contributed by atoms with van der Waals surface area (Å²) in [7, 11) is 0. The molecule has 98 valence electrons. The normalized spacial score (nSPS) is 10.2. The van der Waals surface area contributed by atoms with Gasteiger partial charge in [0.05, 0.1) is 17.3 Å². The number of benzene rings is 1. The van der Waals surface area contributed by atoms with Crippen molar-refractivity contribution in [2.24, 2.45) is 0 Å². The van der Waals surface area contributed by atoms with Gasteiger partial charge in [0.25, 0.3) is 5.91 Å². The molecule has 2 rings (SSSR count). The largest absolute Gasteiger partial charge is 0.506 e. The van der Waals surface area contributed by atoms with Gasteiger partial charge in [-0.1, -0.05) is 17.7 Å². The Hall–Kier alpha value is -2.07. The predicted molar refractivity (Wildman–Crippen MR) is 73.3 cm³/mol. The van der Waals surface area contributed by atoms with Crippen molar-refractivity contribution in [2.75, 3.05) is 0 Å². The number of pyridine rings is 1. The Morgan fingerprint density at radius 2 is 2.16 bits per heavy atom. The van der Waals surface area contributed by atoms with E-state index in [0.717, 1.165) is 11.4 Å². The van der Waals surface area contributed by atoms with Crippen LogP contribution in [-0.4, -0.2) is 16.0 Å². The summed E-state index contributed by atoms with van der Waals surface area (Å²) in [4.78, 5) is 16.2. The van der Waals surface area contributed by atoms with Gasteiger partial charge in [-0.3, -0.25) is 9.78 Å². The van der Waals surface area contributed by atoms with Crippen molar-refractivity contribution in [3.05, 3.63) is 58.4 Å². The van der Waals surface area contributed by atoms with E-state index in [1.54, 1.807) is 0 Å². The number of hydrogen-bond acceptors (Lipinski definition) is 3. The molecule has 0 aliphatic rings. The number of carbonyl (C=O) groups is 1. The molecular weight excluding hydrogens is 264 g/mol. The number of amides is 1. The molecule has 0 unspecified atom stereocenters. The maximum Gasteiger partial charge on any atom is 0.251 e. The van der Waals surface area contributed by atoms with Crippen LogP contribution in [0.2, 0.25) is 5.02 Å². The Morgan fingerprint density at radius 1 is 1.37 bits per heavy atom. The Kier molecular flexibility index (Phi) is 4.02. The Balaban J connectivity index is 2.03. The molecule has 1 aromatic carbocycles. The van der Waals surface area contributed by atoms with Crippen LogP contribution < -0.4 is 5.32 Å². The van der Waals surface area contributed by atoms with Crippen molar-refractivity contribution in [1.82, 2.24) is 10.3 Å². The van der Waals surface area contributed by atoms with Gasteiger partial charge in [-0.05, 0) is 37.3 Å². The molecule has 4 nitrogen and oxygen atoms in total. The highest BCUT2D eigenvalue weighted by Gasteiger charge is 2.08. The van der Waals surface area contributed by atoms with Crippen LogP contribution in [0.15, 0.2) is 36.4 Å². The molecule has 2 N–H and O–H groups in total. The highest BCUT2D eigenvalue weighted by atomic mass is 35.5.